The zero-order chi connectivity index (χ0) is 27.7. The minimum absolute atomic E-state index is 0.178. The molecule has 3 rings (SSSR count). The zero-order valence-corrected chi connectivity index (χ0v) is 22.1. The summed E-state index contributed by atoms with van der Waals surface area (Å²) in [5.74, 6) is -3.14. The van der Waals surface area contributed by atoms with Gasteiger partial charge in [0.15, 0.2) is 6.10 Å². The lowest BCUT2D eigenvalue weighted by Gasteiger charge is -2.28. The first-order chi connectivity index (χ1) is 17.4. The van der Waals surface area contributed by atoms with Gasteiger partial charge in [0.05, 0.1) is 10.9 Å². The molecule has 2 aromatic rings. The SMILES string of the molecule is C=C(O)O[C@@H]1C(=O)N(CCN(C)C)c2ccc(C)cc2SC1c1ccc(C)cc1.O=C(O)/C=C\C(=O)O. The number of thioether (sulfide) groups is 1. The first-order valence-electron chi connectivity index (χ1n) is 11.4. The van der Waals surface area contributed by atoms with Crippen LogP contribution >= 0.6 is 11.8 Å². The van der Waals surface area contributed by atoms with E-state index < -0.39 is 24.0 Å². The van der Waals surface area contributed by atoms with Crippen molar-refractivity contribution in [2.45, 2.75) is 30.1 Å². The number of anilines is 1. The quantitative estimate of drug-likeness (QED) is 0.342. The number of hydrogen-bond donors (Lipinski definition) is 3. The number of carbonyl (C=O) groups is 3. The smallest absolute Gasteiger partial charge is 0.328 e. The number of rotatable bonds is 8. The maximum absolute atomic E-state index is 13.6. The van der Waals surface area contributed by atoms with Gasteiger partial charge in [0.2, 0.25) is 0 Å². The number of aryl methyl sites for hydroxylation is 2. The van der Waals surface area contributed by atoms with Crippen LogP contribution in [0.25, 0.3) is 0 Å². The molecule has 198 valence electrons. The van der Waals surface area contributed by atoms with E-state index in [0.717, 1.165) is 27.3 Å². The monoisotopic (exact) mass is 528 g/mol. The second-order valence-electron chi connectivity index (χ2n) is 8.66. The van der Waals surface area contributed by atoms with Gasteiger partial charge in [-0.3, -0.25) is 4.79 Å². The Labute approximate surface area is 220 Å². The average Bonchev–Trinajstić information content (AvgIpc) is 2.91. The number of aliphatic carboxylic acids is 2. The lowest BCUT2D eigenvalue weighted by Crippen LogP contribution is -2.44. The number of aliphatic hydroxyl groups excluding tert-OH is 1. The summed E-state index contributed by atoms with van der Waals surface area (Å²) in [6.45, 7) is 8.78. The van der Waals surface area contributed by atoms with Crippen LogP contribution in [-0.4, -0.2) is 71.4 Å². The van der Waals surface area contributed by atoms with Gasteiger partial charge in [-0.2, -0.15) is 0 Å². The van der Waals surface area contributed by atoms with Gasteiger partial charge in [0.1, 0.15) is 0 Å². The molecule has 0 saturated heterocycles. The summed E-state index contributed by atoms with van der Waals surface area (Å²) in [6.07, 6.45) is 0.236. The third kappa shape index (κ3) is 9.00. The van der Waals surface area contributed by atoms with E-state index in [1.165, 1.54) is 0 Å². The summed E-state index contributed by atoms with van der Waals surface area (Å²) in [6, 6.07) is 14.2. The second-order valence-corrected chi connectivity index (χ2v) is 9.84. The minimum atomic E-state index is -1.26. The summed E-state index contributed by atoms with van der Waals surface area (Å²) in [7, 11) is 3.96. The molecule has 2 aromatic carbocycles. The molecular formula is C27H32N2O7S. The first-order valence-corrected chi connectivity index (χ1v) is 12.3. The van der Waals surface area contributed by atoms with Crippen molar-refractivity contribution < 1.29 is 34.4 Å². The second kappa shape index (κ2) is 13.5. The number of nitrogens with zero attached hydrogens (tertiary/aromatic N) is 2. The van der Waals surface area contributed by atoms with Crippen LogP contribution in [0.1, 0.15) is 21.9 Å². The fraction of sp³-hybridized carbons (Fsp3) is 0.296. The number of hydrogen-bond acceptors (Lipinski definition) is 7. The highest BCUT2D eigenvalue weighted by molar-refractivity contribution is 7.99. The minimum Gasteiger partial charge on any atom is -0.481 e. The van der Waals surface area contributed by atoms with Crippen molar-refractivity contribution in [1.29, 1.82) is 0 Å². The molecule has 0 bridgehead atoms. The Kier molecular flexibility index (Phi) is 10.8. The van der Waals surface area contributed by atoms with Crippen LogP contribution in [0.15, 0.2) is 72.0 Å². The number of fused-ring (bicyclic) bond motifs is 1. The summed E-state index contributed by atoms with van der Waals surface area (Å²) in [5.41, 5.74) is 4.12. The maximum atomic E-state index is 13.6. The van der Waals surface area contributed by atoms with E-state index in [1.54, 1.807) is 16.7 Å². The van der Waals surface area contributed by atoms with E-state index in [-0.39, 0.29) is 11.2 Å². The third-order valence-corrected chi connectivity index (χ3v) is 6.61. The van der Waals surface area contributed by atoms with Gasteiger partial charge in [-0.25, -0.2) is 9.59 Å². The van der Waals surface area contributed by atoms with Crippen molar-refractivity contribution in [1.82, 2.24) is 4.90 Å². The van der Waals surface area contributed by atoms with E-state index in [1.807, 2.05) is 69.2 Å². The van der Waals surface area contributed by atoms with E-state index in [9.17, 15) is 19.5 Å². The molecule has 1 amide bonds. The van der Waals surface area contributed by atoms with E-state index in [4.69, 9.17) is 14.9 Å². The molecule has 1 unspecified atom stereocenters. The summed E-state index contributed by atoms with van der Waals surface area (Å²) in [5, 5.41) is 25.1. The van der Waals surface area contributed by atoms with Gasteiger partial charge < -0.3 is 29.9 Å². The van der Waals surface area contributed by atoms with Gasteiger partial charge in [0.25, 0.3) is 11.9 Å². The molecule has 9 nitrogen and oxygen atoms in total. The largest absolute Gasteiger partial charge is 0.481 e. The van der Waals surface area contributed by atoms with Crippen molar-refractivity contribution in [3.8, 4) is 0 Å². The van der Waals surface area contributed by atoms with E-state index in [2.05, 4.69) is 12.6 Å². The average molecular weight is 529 g/mol. The zero-order valence-electron chi connectivity index (χ0n) is 21.2. The fourth-order valence-electron chi connectivity index (χ4n) is 3.47. The molecule has 37 heavy (non-hydrogen) atoms. The highest BCUT2D eigenvalue weighted by Gasteiger charge is 2.40. The maximum Gasteiger partial charge on any atom is 0.328 e. The molecule has 0 saturated carbocycles. The topological polar surface area (TPSA) is 128 Å². The lowest BCUT2D eigenvalue weighted by atomic mass is 10.0. The normalized spacial score (nSPS) is 17.0. The standard InChI is InChI=1S/C23H28N2O3S.C4H4O4/c1-15-6-9-18(10-7-15)22-21(28-17(3)26)23(27)25(13-12-24(4)5)19-11-8-16(2)14-20(19)29-22;5-3(6)1-2-4(7)8/h6-11,14,21-22,26H,3,12-13H2,1-2,4-5H3;1-2H,(H,5,6)(H,7,8)/b;2-1-/t21-,22?;/m0./s1. The molecule has 1 aliphatic heterocycles. The number of amides is 1. The van der Waals surface area contributed by atoms with Gasteiger partial charge in [-0.15, -0.1) is 11.8 Å². The molecule has 0 spiro atoms. The Hall–Kier alpha value is -3.76. The number of carbonyl (C=O) groups excluding carboxylic acids is 1. The summed E-state index contributed by atoms with van der Waals surface area (Å²) in [4.78, 5) is 37.5. The molecule has 0 radical (unpaired) electrons. The Morgan fingerprint density at radius 1 is 1.03 bits per heavy atom. The Morgan fingerprint density at radius 2 is 1.59 bits per heavy atom. The molecule has 0 aliphatic carbocycles. The molecular weight excluding hydrogens is 496 g/mol. The van der Waals surface area contributed by atoms with Gasteiger partial charge in [-0.1, -0.05) is 35.9 Å². The molecule has 0 aromatic heterocycles. The highest BCUT2D eigenvalue weighted by atomic mass is 32.2. The van der Waals surface area contributed by atoms with Crippen LogP contribution in [-0.2, 0) is 19.1 Å². The van der Waals surface area contributed by atoms with Gasteiger partial charge in [0, 0.05) is 30.1 Å². The number of carboxylic acid groups (broad SMARTS) is 2. The number of benzene rings is 2. The number of aliphatic hydroxyl groups is 1. The van der Waals surface area contributed by atoms with Gasteiger partial charge in [-0.05, 0) is 57.8 Å². The molecule has 10 heteroatoms. The Balaban J connectivity index is 0.000000521. The third-order valence-electron chi connectivity index (χ3n) is 5.25. The van der Waals surface area contributed by atoms with Crippen molar-refractivity contribution in [3.63, 3.8) is 0 Å². The van der Waals surface area contributed by atoms with Crippen molar-refractivity contribution in [3.05, 3.63) is 83.8 Å². The van der Waals surface area contributed by atoms with Crippen LogP contribution in [0.2, 0.25) is 0 Å². The predicted octanol–water partition coefficient (Wildman–Crippen LogP) is 4.17. The van der Waals surface area contributed by atoms with Crippen LogP contribution in [0.5, 0.6) is 0 Å². The fourth-order valence-corrected chi connectivity index (χ4v) is 4.89. The van der Waals surface area contributed by atoms with Crippen LogP contribution in [0.3, 0.4) is 0 Å². The molecule has 3 N–H and O–H groups in total. The number of likely N-dealkylation sites (N-methyl/N-ethyl adjacent to an activating group) is 1. The van der Waals surface area contributed by atoms with Crippen LogP contribution in [0, 0.1) is 13.8 Å². The molecule has 1 heterocycles. The first kappa shape index (κ1) is 29.5. The Morgan fingerprint density at radius 3 is 2.11 bits per heavy atom. The van der Waals surface area contributed by atoms with Crippen LogP contribution in [0.4, 0.5) is 5.69 Å². The number of carboxylic acids is 2. The van der Waals surface area contributed by atoms with Gasteiger partial charge >= 0.3 is 11.9 Å². The van der Waals surface area contributed by atoms with Crippen molar-refractivity contribution >= 4 is 35.3 Å². The van der Waals surface area contributed by atoms with Crippen molar-refractivity contribution in [2.24, 2.45) is 0 Å². The molecule has 0 fully saturated rings. The predicted molar refractivity (Wildman–Crippen MR) is 143 cm³/mol. The van der Waals surface area contributed by atoms with E-state index in [0.29, 0.717) is 25.2 Å². The lowest BCUT2D eigenvalue weighted by molar-refractivity contribution is -0.134. The highest BCUT2D eigenvalue weighted by Crippen LogP contribution is 2.47. The summed E-state index contributed by atoms with van der Waals surface area (Å²) < 4.78 is 5.61. The van der Waals surface area contributed by atoms with E-state index >= 15 is 0 Å². The molecule has 2 atom stereocenters. The summed E-state index contributed by atoms with van der Waals surface area (Å²) >= 11 is 1.59. The van der Waals surface area contributed by atoms with Crippen LogP contribution < -0.4 is 4.90 Å². The number of ether oxygens (including phenoxy) is 1. The molecule has 1 aliphatic rings. The van der Waals surface area contributed by atoms with Crippen molar-refractivity contribution in [2.75, 3.05) is 32.1 Å². The Bertz CT molecular complexity index is 1150.